The minimum absolute atomic E-state index is 0.190. The molecule has 1 fully saturated rings. The molecule has 1 N–H and O–H groups in total. The molecule has 2 heterocycles. The molecule has 0 aliphatic carbocycles. The number of aliphatic hydroxyl groups is 1. The van der Waals surface area contributed by atoms with Crippen LogP contribution in [0.25, 0.3) is 11.3 Å². The predicted octanol–water partition coefficient (Wildman–Crippen LogP) is 3.67. The van der Waals surface area contributed by atoms with Gasteiger partial charge in [0, 0.05) is 16.6 Å². The average molecular weight is 336 g/mol. The Morgan fingerprint density at radius 1 is 1.20 bits per heavy atom. The minimum atomic E-state index is -0.190. The monoisotopic (exact) mass is 335 g/mol. The van der Waals surface area contributed by atoms with Crippen LogP contribution < -0.4 is 0 Å². The first kappa shape index (κ1) is 13.9. The van der Waals surface area contributed by atoms with Gasteiger partial charge < -0.3 is 9.52 Å². The molecule has 2 aromatic rings. The van der Waals surface area contributed by atoms with Crippen molar-refractivity contribution >= 4 is 15.9 Å². The molecule has 0 unspecified atom stereocenters. The first-order chi connectivity index (χ1) is 9.70. The fourth-order valence-electron chi connectivity index (χ4n) is 2.63. The zero-order valence-corrected chi connectivity index (χ0v) is 12.8. The first-order valence-corrected chi connectivity index (χ1v) is 7.75. The highest BCUT2D eigenvalue weighted by Gasteiger charge is 2.18. The Hall–Kier alpha value is -1.10. The Kier molecular flexibility index (Phi) is 4.24. The molecule has 1 atom stereocenters. The number of likely N-dealkylation sites (tertiary alicyclic amines) is 1. The summed E-state index contributed by atoms with van der Waals surface area (Å²) in [4.78, 5) is 2.25. The Balaban J connectivity index is 1.69. The lowest BCUT2D eigenvalue weighted by Gasteiger charge is -2.29. The largest absolute Gasteiger partial charge is 0.460 e. The molecular weight excluding hydrogens is 318 g/mol. The average Bonchev–Trinajstić information content (AvgIpc) is 2.88. The van der Waals surface area contributed by atoms with Gasteiger partial charge in [0.2, 0.25) is 0 Å². The Morgan fingerprint density at radius 2 is 2.00 bits per heavy atom. The van der Waals surface area contributed by atoms with Gasteiger partial charge in [-0.25, -0.2) is 0 Å². The van der Waals surface area contributed by atoms with Gasteiger partial charge in [-0.05, 0) is 43.7 Å². The Morgan fingerprint density at radius 3 is 2.75 bits per heavy atom. The van der Waals surface area contributed by atoms with Gasteiger partial charge in [-0.3, -0.25) is 4.90 Å². The minimum Gasteiger partial charge on any atom is -0.460 e. The summed E-state index contributed by atoms with van der Waals surface area (Å²) >= 11 is 3.43. The molecule has 0 spiro atoms. The van der Waals surface area contributed by atoms with Gasteiger partial charge in [0.1, 0.15) is 11.5 Å². The predicted molar refractivity (Wildman–Crippen MR) is 82.4 cm³/mol. The van der Waals surface area contributed by atoms with Crippen LogP contribution in [0.2, 0.25) is 0 Å². The summed E-state index contributed by atoms with van der Waals surface area (Å²) in [5, 5.41) is 9.69. The van der Waals surface area contributed by atoms with Crippen molar-refractivity contribution < 1.29 is 9.52 Å². The number of benzene rings is 1. The van der Waals surface area contributed by atoms with E-state index < -0.39 is 0 Å². The SMILES string of the molecule is O[C@H]1CCCN(Cc2ccc(-c3ccc(Br)cc3)o2)C1. The van der Waals surface area contributed by atoms with Crippen LogP contribution in [0.1, 0.15) is 18.6 Å². The summed E-state index contributed by atoms with van der Waals surface area (Å²) in [6.07, 6.45) is 1.78. The van der Waals surface area contributed by atoms with Crippen molar-refractivity contribution in [2.45, 2.75) is 25.5 Å². The summed E-state index contributed by atoms with van der Waals surface area (Å²) in [6.45, 7) is 2.55. The molecule has 1 aliphatic rings. The zero-order valence-electron chi connectivity index (χ0n) is 11.3. The maximum absolute atomic E-state index is 9.69. The second kappa shape index (κ2) is 6.12. The summed E-state index contributed by atoms with van der Waals surface area (Å²) in [5.74, 6) is 1.85. The second-order valence-electron chi connectivity index (χ2n) is 5.30. The van der Waals surface area contributed by atoms with Gasteiger partial charge in [0.05, 0.1) is 12.6 Å². The number of hydrogen-bond acceptors (Lipinski definition) is 3. The van der Waals surface area contributed by atoms with Crippen LogP contribution in [0.5, 0.6) is 0 Å². The van der Waals surface area contributed by atoms with Crippen LogP contribution in [0, 0.1) is 0 Å². The van der Waals surface area contributed by atoms with Crippen LogP contribution in [-0.2, 0) is 6.54 Å². The van der Waals surface area contributed by atoms with E-state index in [-0.39, 0.29) is 6.10 Å². The molecule has 0 saturated carbocycles. The van der Waals surface area contributed by atoms with Crippen molar-refractivity contribution in [2.75, 3.05) is 13.1 Å². The molecule has 4 heteroatoms. The third-order valence-electron chi connectivity index (χ3n) is 3.65. The van der Waals surface area contributed by atoms with Gasteiger partial charge in [0.15, 0.2) is 0 Å². The number of aliphatic hydroxyl groups excluding tert-OH is 1. The summed E-state index contributed by atoms with van der Waals surface area (Å²) in [5.41, 5.74) is 1.08. The highest BCUT2D eigenvalue weighted by molar-refractivity contribution is 9.10. The standard InChI is InChI=1S/C16H18BrNO2/c17-13-5-3-12(4-6-13)16-8-7-15(20-16)11-18-9-1-2-14(19)10-18/h3-8,14,19H,1-2,9-11H2/t14-/m0/s1. The number of halogens is 1. The van der Waals surface area contributed by atoms with Crippen molar-refractivity contribution in [3.05, 3.63) is 46.6 Å². The number of hydrogen-bond donors (Lipinski definition) is 1. The maximum atomic E-state index is 9.69. The molecule has 3 rings (SSSR count). The quantitative estimate of drug-likeness (QED) is 0.929. The van der Waals surface area contributed by atoms with Crippen LogP contribution >= 0.6 is 15.9 Å². The highest BCUT2D eigenvalue weighted by Crippen LogP contribution is 2.25. The molecule has 106 valence electrons. The van der Waals surface area contributed by atoms with Crippen molar-refractivity contribution in [3.63, 3.8) is 0 Å². The van der Waals surface area contributed by atoms with E-state index in [1.54, 1.807) is 0 Å². The van der Waals surface area contributed by atoms with E-state index in [0.29, 0.717) is 0 Å². The molecule has 0 amide bonds. The Labute approximate surface area is 127 Å². The van der Waals surface area contributed by atoms with Gasteiger partial charge >= 0.3 is 0 Å². The van der Waals surface area contributed by atoms with Gasteiger partial charge in [-0.1, -0.05) is 28.1 Å². The van der Waals surface area contributed by atoms with Crippen LogP contribution in [0.4, 0.5) is 0 Å². The fraction of sp³-hybridized carbons (Fsp3) is 0.375. The third kappa shape index (κ3) is 3.32. The van der Waals surface area contributed by atoms with E-state index in [1.807, 2.05) is 36.4 Å². The summed E-state index contributed by atoms with van der Waals surface area (Å²) < 4.78 is 6.97. The normalized spacial score (nSPS) is 20.2. The molecule has 0 radical (unpaired) electrons. The van der Waals surface area contributed by atoms with E-state index in [2.05, 4.69) is 20.8 Å². The maximum Gasteiger partial charge on any atom is 0.134 e. The van der Waals surface area contributed by atoms with Crippen LogP contribution in [-0.4, -0.2) is 29.2 Å². The highest BCUT2D eigenvalue weighted by atomic mass is 79.9. The number of rotatable bonds is 3. The number of nitrogens with zero attached hydrogens (tertiary/aromatic N) is 1. The topological polar surface area (TPSA) is 36.6 Å². The van der Waals surface area contributed by atoms with E-state index in [9.17, 15) is 5.11 Å². The molecule has 3 nitrogen and oxygen atoms in total. The lowest BCUT2D eigenvalue weighted by atomic mass is 10.1. The fourth-order valence-corrected chi connectivity index (χ4v) is 2.89. The molecule has 20 heavy (non-hydrogen) atoms. The molecular formula is C16H18BrNO2. The van der Waals surface area contributed by atoms with E-state index in [4.69, 9.17) is 4.42 Å². The molecule has 1 aromatic heterocycles. The van der Waals surface area contributed by atoms with Gasteiger partial charge in [0.25, 0.3) is 0 Å². The van der Waals surface area contributed by atoms with E-state index in [0.717, 1.165) is 54.0 Å². The zero-order chi connectivity index (χ0) is 13.9. The van der Waals surface area contributed by atoms with Crippen molar-refractivity contribution in [2.24, 2.45) is 0 Å². The molecule has 1 aromatic carbocycles. The first-order valence-electron chi connectivity index (χ1n) is 6.96. The van der Waals surface area contributed by atoms with E-state index >= 15 is 0 Å². The smallest absolute Gasteiger partial charge is 0.134 e. The van der Waals surface area contributed by atoms with Crippen molar-refractivity contribution in [3.8, 4) is 11.3 Å². The van der Waals surface area contributed by atoms with Gasteiger partial charge in [-0.2, -0.15) is 0 Å². The van der Waals surface area contributed by atoms with Crippen LogP contribution in [0.3, 0.4) is 0 Å². The van der Waals surface area contributed by atoms with Crippen molar-refractivity contribution in [1.82, 2.24) is 4.90 Å². The number of piperidine rings is 1. The Bertz CT molecular complexity index is 564. The molecule has 0 bridgehead atoms. The van der Waals surface area contributed by atoms with Gasteiger partial charge in [-0.15, -0.1) is 0 Å². The molecule has 1 saturated heterocycles. The number of furan rings is 1. The lowest BCUT2D eigenvalue weighted by molar-refractivity contribution is 0.0635. The number of β-amino-alcohol motifs (C(OH)–C–C–N with tert-alkyl or cyclic N) is 1. The summed E-state index contributed by atoms with van der Waals surface area (Å²) in [6, 6.07) is 12.1. The second-order valence-corrected chi connectivity index (χ2v) is 6.22. The molecule has 1 aliphatic heterocycles. The van der Waals surface area contributed by atoms with Crippen molar-refractivity contribution in [1.29, 1.82) is 0 Å². The lowest BCUT2D eigenvalue weighted by Crippen LogP contribution is -2.37. The van der Waals surface area contributed by atoms with Crippen LogP contribution in [0.15, 0.2) is 45.3 Å². The van der Waals surface area contributed by atoms with E-state index in [1.165, 1.54) is 0 Å². The summed E-state index contributed by atoms with van der Waals surface area (Å²) in [7, 11) is 0. The third-order valence-corrected chi connectivity index (χ3v) is 4.18.